The van der Waals surface area contributed by atoms with Gasteiger partial charge in [0.2, 0.25) is 5.91 Å². The van der Waals surface area contributed by atoms with Crippen LogP contribution in [0, 0.1) is 5.92 Å². The minimum Gasteiger partial charge on any atom is -0.379 e. The molecule has 0 aliphatic carbocycles. The molecule has 0 saturated carbocycles. The third-order valence-corrected chi connectivity index (χ3v) is 5.92. The monoisotopic (exact) mass is 408 g/mol. The molecule has 136 valence electrons. The Balaban J connectivity index is 1.71. The van der Waals surface area contributed by atoms with Crippen molar-refractivity contribution in [2.75, 3.05) is 26.7 Å². The minimum absolute atomic E-state index is 0.0583. The second kappa shape index (κ2) is 7.87. The summed E-state index contributed by atoms with van der Waals surface area (Å²) in [4.78, 5) is 29.5. The van der Waals surface area contributed by atoms with Gasteiger partial charge in [0.1, 0.15) is 6.04 Å². The number of amides is 2. The predicted octanol–water partition coefficient (Wildman–Crippen LogP) is 2.94. The first kappa shape index (κ1) is 18.4. The van der Waals surface area contributed by atoms with Gasteiger partial charge in [0.25, 0.3) is 5.91 Å². The summed E-state index contributed by atoms with van der Waals surface area (Å²) in [7, 11) is 1.70. The molecule has 0 unspecified atom stereocenters. The van der Waals surface area contributed by atoms with Gasteiger partial charge in [-0.25, -0.2) is 0 Å². The Bertz CT molecular complexity index is 634. The number of ether oxygens (including phenoxy) is 1. The first-order valence-corrected chi connectivity index (χ1v) is 9.68. The van der Waals surface area contributed by atoms with Gasteiger partial charge in [0, 0.05) is 36.8 Å². The molecule has 3 rings (SSSR count). The van der Waals surface area contributed by atoms with Crippen molar-refractivity contribution in [2.45, 2.75) is 38.3 Å². The highest BCUT2D eigenvalue weighted by Gasteiger charge is 2.39. The standard InChI is InChI=1S/C19H25BrN2O3/c1-13-9-11-21(12-17(13)25-2)19(24)16-4-3-10-22(16)18(23)14-5-7-15(20)8-6-14/h5-8,13,16-17H,3-4,9-12H2,1-2H3/t13-,16-,17+/m0/s1. The Morgan fingerprint density at radius 3 is 2.56 bits per heavy atom. The van der Waals surface area contributed by atoms with E-state index in [9.17, 15) is 9.59 Å². The quantitative estimate of drug-likeness (QED) is 0.772. The lowest BCUT2D eigenvalue weighted by Gasteiger charge is -2.38. The number of rotatable bonds is 3. The van der Waals surface area contributed by atoms with E-state index >= 15 is 0 Å². The van der Waals surface area contributed by atoms with Crippen molar-refractivity contribution >= 4 is 27.7 Å². The lowest BCUT2D eigenvalue weighted by atomic mass is 9.95. The zero-order chi connectivity index (χ0) is 18.0. The Labute approximate surface area is 157 Å². The molecular weight excluding hydrogens is 384 g/mol. The van der Waals surface area contributed by atoms with Gasteiger partial charge in [-0.2, -0.15) is 0 Å². The van der Waals surface area contributed by atoms with E-state index in [1.807, 2.05) is 17.0 Å². The number of hydrogen-bond donors (Lipinski definition) is 0. The van der Waals surface area contributed by atoms with Crippen molar-refractivity contribution in [1.82, 2.24) is 9.80 Å². The number of carbonyl (C=O) groups is 2. The third kappa shape index (κ3) is 3.90. The lowest BCUT2D eigenvalue weighted by molar-refractivity contribution is -0.140. The maximum Gasteiger partial charge on any atom is 0.254 e. The fourth-order valence-electron chi connectivity index (χ4n) is 3.78. The smallest absolute Gasteiger partial charge is 0.254 e. The number of benzene rings is 1. The molecule has 3 atom stereocenters. The maximum atomic E-state index is 13.0. The summed E-state index contributed by atoms with van der Waals surface area (Å²) in [6.45, 7) is 4.17. The van der Waals surface area contributed by atoms with Crippen LogP contribution in [0.4, 0.5) is 0 Å². The summed E-state index contributed by atoms with van der Waals surface area (Å²) in [6.07, 6.45) is 2.63. The first-order valence-electron chi connectivity index (χ1n) is 8.89. The molecule has 5 nitrogen and oxygen atoms in total. The molecule has 2 aliphatic rings. The molecule has 6 heteroatoms. The molecule has 2 aliphatic heterocycles. The van der Waals surface area contributed by atoms with Gasteiger partial charge in [-0.1, -0.05) is 22.9 Å². The van der Waals surface area contributed by atoms with E-state index in [2.05, 4.69) is 22.9 Å². The van der Waals surface area contributed by atoms with Crippen LogP contribution in [-0.2, 0) is 9.53 Å². The van der Waals surface area contributed by atoms with Crippen LogP contribution in [0.2, 0.25) is 0 Å². The maximum absolute atomic E-state index is 13.0. The molecule has 2 saturated heterocycles. The summed E-state index contributed by atoms with van der Waals surface area (Å²) >= 11 is 3.38. The van der Waals surface area contributed by atoms with Crippen molar-refractivity contribution < 1.29 is 14.3 Å². The van der Waals surface area contributed by atoms with Gasteiger partial charge in [-0.15, -0.1) is 0 Å². The number of hydrogen-bond acceptors (Lipinski definition) is 3. The highest BCUT2D eigenvalue weighted by Crippen LogP contribution is 2.26. The SMILES string of the molecule is CO[C@@H]1CN(C(=O)[C@@H]2CCCN2C(=O)c2ccc(Br)cc2)CC[C@@H]1C. The molecule has 0 N–H and O–H groups in total. The minimum atomic E-state index is -0.345. The van der Waals surface area contributed by atoms with Gasteiger partial charge in [0.05, 0.1) is 6.10 Å². The van der Waals surface area contributed by atoms with Crippen LogP contribution < -0.4 is 0 Å². The summed E-state index contributed by atoms with van der Waals surface area (Å²) in [6, 6.07) is 6.97. The lowest BCUT2D eigenvalue weighted by Crippen LogP contribution is -2.53. The van der Waals surface area contributed by atoms with Gasteiger partial charge >= 0.3 is 0 Å². The van der Waals surface area contributed by atoms with Gasteiger partial charge in [0.15, 0.2) is 0 Å². The number of carbonyl (C=O) groups excluding carboxylic acids is 2. The molecule has 0 spiro atoms. The summed E-state index contributed by atoms with van der Waals surface area (Å²) in [5.41, 5.74) is 0.630. The van der Waals surface area contributed by atoms with Crippen molar-refractivity contribution in [3.63, 3.8) is 0 Å². The second-order valence-corrected chi connectivity index (χ2v) is 7.90. The molecule has 1 aromatic carbocycles. The third-order valence-electron chi connectivity index (χ3n) is 5.39. The summed E-state index contributed by atoms with van der Waals surface area (Å²) < 4.78 is 6.46. The van der Waals surface area contributed by atoms with Crippen LogP contribution in [0.25, 0.3) is 0 Å². The highest BCUT2D eigenvalue weighted by molar-refractivity contribution is 9.10. The molecule has 2 fully saturated rings. The average Bonchev–Trinajstić information content (AvgIpc) is 3.11. The molecule has 1 aromatic rings. The molecule has 25 heavy (non-hydrogen) atoms. The Kier molecular flexibility index (Phi) is 5.79. The van der Waals surface area contributed by atoms with Crippen LogP contribution in [0.3, 0.4) is 0 Å². The van der Waals surface area contributed by atoms with E-state index < -0.39 is 0 Å². The van der Waals surface area contributed by atoms with Crippen molar-refractivity contribution in [3.05, 3.63) is 34.3 Å². The topological polar surface area (TPSA) is 49.9 Å². The van der Waals surface area contributed by atoms with Crippen LogP contribution in [0.15, 0.2) is 28.7 Å². The zero-order valence-electron chi connectivity index (χ0n) is 14.8. The van der Waals surface area contributed by atoms with Crippen LogP contribution in [-0.4, -0.2) is 60.5 Å². The zero-order valence-corrected chi connectivity index (χ0v) is 16.4. The van der Waals surface area contributed by atoms with E-state index in [0.29, 0.717) is 24.6 Å². The van der Waals surface area contributed by atoms with Crippen LogP contribution in [0.1, 0.15) is 36.5 Å². The second-order valence-electron chi connectivity index (χ2n) is 6.99. The highest BCUT2D eigenvalue weighted by atomic mass is 79.9. The molecule has 0 aromatic heterocycles. The number of nitrogens with zero attached hydrogens (tertiary/aromatic N) is 2. The summed E-state index contributed by atoms with van der Waals surface area (Å²) in [5.74, 6) is 0.465. The largest absolute Gasteiger partial charge is 0.379 e. The fourth-order valence-corrected chi connectivity index (χ4v) is 4.04. The number of methoxy groups -OCH3 is 1. The average molecular weight is 409 g/mol. The van der Waals surface area contributed by atoms with Gasteiger partial charge in [-0.3, -0.25) is 9.59 Å². The molecule has 2 heterocycles. The van der Waals surface area contributed by atoms with Crippen molar-refractivity contribution in [2.24, 2.45) is 5.92 Å². The number of piperidine rings is 1. The van der Waals surface area contributed by atoms with E-state index in [-0.39, 0.29) is 24.0 Å². The van der Waals surface area contributed by atoms with E-state index in [1.54, 1.807) is 24.1 Å². The molecule has 0 radical (unpaired) electrons. The van der Waals surface area contributed by atoms with Crippen molar-refractivity contribution in [1.29, 1.82) is 0 Å². The van der Waals surface area contributed by atoms with E-state index in [0.717, 1.165) is 30.3 Å². The Hall–Kier alpha value is -1.40. The van der Waals surface area contributed by atoms with Gasteiger partial charge < -0.3 is 14.5 Å². The normalized spacial score (nSPS) is 26.8. The summed E-state index contributed by atoms with van der Waals surface area (Å²) in [5, 5.41) is 0. The van der Waals surface area contributed by atoms with Crippen molar-refractivity contribution in [3.8, 4) is 0 Å². The van der Waals surface area contributed by atoms with Gasteiger partial charge in [-0.05, 0) is 49.4 Å². The Morgan fingerprint density at radius 2 is 1.88 bits per heavy atom. The first-order chi connectivity index (χ1) is 12.0. The van der Waals surface area contributed by atoms with Crippen LogP contribution in [0.5, 0.6) is 0 Å². The molecular formula is C19H25BrN2O3. The molecule has 0 bridgehead atoms. The Morgan fingerprint density at radius 1 is 1.16 bits per heavy atom. The van der Waals surface area contributed by atoms with E-state index in [4.69, 9.17) is 4.74 Å². The number of likely N-dealkylation sites (tertiary alicyclic amines) is 2. The predicted molar refractivity (Wildman–Crippen MR) is 99.4 cm³/mol. The fraction of sp³-hybridized carbons (Fsp3) is 0.579. The number of halogens is 1. The molecule has 2 amide bonds. The van der Waals surface area contributed by atoms with Crippen LogP contribution >= 0.6 is 15.9 Å². The van der Waals surface area contributed by atoms with E-state index in [1.165, 1.54) is 0 Å².